The van der Waals surface area contributed by atoms with E-state index in [1.54, 1.807) is 0 Å². The van der Waals surface area contributed by atoms with Gasteiger partial charge in [-0.3, -0.25) is 19.8 Å². The van der Waals surface area contributed by atoms with Crippen LogP contribution in [0, 0.1) is 0 Å². The zero-order valence-corrected chi connectivity index (χ0v) is 22.3. The van der Waals surface area contributed by atoms with Crippen molar-refractivity contribution in [1.82, 2.24) is 25.3 Å². The molecule has 0 radical (unpaired) electrons. The summed E-state index contributed by atoms with van der Waals surface area (Å²) in [5, 5.41) is 5.61. The summed E-state index contributed by atoms with van der Waals surface area (Å²) < 4.78 is 21.8. The molecule has 2 amide bonds. The molecule has 3 heterocycles. The SMILES string of the molecule is CCC1OCC(=O)C1NC(=O)C(CN1CCOCC1)N=C(NC(=O)OCCCN(C)C)N1CCOCC1. The van der Waals surface area contributed by atoms with Crippen LogP contribution >= 0.6 is 0 Å². The van der Waals surface area contributed by atoms with Crippen molar-refractivity contribution in [2.24, 2.45) is 4.99 Å². The minimum absolute atomic E-state index is 0.0128. The Morgan fingerprint density at radius 3 is 2.46 bits per heavy atom. The molecule has 3 rings (SSSR count). The Hall–Kier alpha value is -2.32. The van der Waals surface area contributed by atoms with E-state index < -0.39 is 18.2 Å². The number of morpholine rings is 2. The van der Waals surface area contributed by atoms with Crippen molar-refractivity contribution in [3.63, 3.8) is 0 Å². The Kier molecular flexibility index (Phi) is 12.0. The van der Waals surface area contributed by atoms with Crippen LogP contribution in [-0.2, 0) is 28.5 Å². The van der Waals surface area contributed by atoms with Gasteiger partial charge in [0.1, 0.15) is 18.7 Å². The number of Topliss-reactive ketones (excluding diaryl/α,β-unsaturated/α-hetero) is 1. The lowest BCUT2D eigenvalue weighted by molar-refractivity contribution is -0.127. The summed E-state index contributed by atoms with van der Waals surface area (Å²) in [6.07, 6.45) is 0.315. The zero-order chi connectivity index (χ0) is 26.6. The molecule has 3 aliphatic rings. The molecule has 13 nitrogen and oxygen atoms in total. The van der Waals surface area contributed by atoms with Crippen molar-refractivity contribution in [2.75, 3.05) is 93.0 Å². The van der Waals surface area contributed by atoms with Gasteiger partial charge < -0.3 is 34.1 Å². The highest BCUT2D eigenvalue weighted by atomic mass is 16.5. The minimum atomic E-state index is -0.865. The number of guanidine groups is 1. The molecule has 37 heavy (non-hydrogen) atoms. The third-order valence-electron chi connectivity index (χ3n) is 6.48. The van der Waals surface area contributed by atoms with E-state index in [9.17, 15) is 14.4 Å². The molecule has 0 aromatic rings. The smallest absolute Gasteiger partial charge is 0.413 e. The molecule has 0 bridgehead atoms. The monoisotopic (exact) mass is 526 g/mol. The van der Waals surface area contributed by atoms with E-state index in [1.807, 2.05) is 30.8 Å². The maximum absolute atomic E-state index is 13.5. The lowest BCUT2D eigenvalue weighted by Crippen LogP contribution is -2.54. The third kappa shape index (κ3) is 9.49. The van der Waals surface area contributed by atoms with Crippen LogP contribution in [0.4, 0.5) is 4.79 Å². The van der Waals surface area contributed by atoms with Gasteiger partial charge in [0.05, 0.1) is 39.1 Å². The van der Waals surface area contributed by atoms with Gasteiger partial charge in [0.15, 0.2) is 5.78 Å². The van der Waals surface area contributed by atoms with Crippen LogP contribution in [-0.4, -0.2) is 150 Å². The molecule has 0 aromatic carbocycles. The molecule has 0 aromatic heterocycles. The summed E-state index contributed by atoms with van der Waals surface area (Å²) in [4.78, 5) is 49.2. The molecule has 13 heteroatoms. The highest BCUT2D eigenvalue weighted by Gasteiger charge is 2.37. The van der Waals surface area contributed by atoms with E-state index in [0.717, 1.165) is 6.54 Å². The number of carbonyl (C=O) groups excluding carboxylic acids is 3. The van der Waals surface area contributed by atoms with Crippen molar-refractivity contribution in [2.45, 2.75) is 38.0 Å². The van der Waals surface area contributed by atoms with E-state index in [1.165, 1.54) is 0 Å². The van der Waals surface area contributed by atoms with Gasteiger partial charge in [0.2, 0.25) is 11.9 Å². The number of hydrogen-bond acceptors (Lipinski definition) is 10. The number of rotatable bonds is 10. The zero-order valence-electron chi connectivity index (χ0n) is 22.3. The highest BCUT2D eigenvalue weighted by Crippen LogP contribution is 2.15. The van der Waals surface area contributed by atoms with Gasteiger partial charge in [0, 0.05) is 39.3 Å². The van der Waals surface area contributed by atoms with Crippen LogP contribution in [0.3, 0.4) is 0 Å². The molecule has 3 atom stereocenters. The average Bonchev–Trinajstić information content (AvgIpc) is 3.25. The molecular weight excluding hydrogens is 484 g/mol. The van der Waals surface area contributed by atoms with Crippen molar-refractivity contribution in [1.29, 1.82) is 0 Å². The van der Waals surface area contributed by atoms with Gasteiger partial charge in [0.25, 0.3) is 0 Å². The normalized spacial score (nSPS) is 24.3. The quantitative estimate of drug-likeness (QED) is 0.206. The first-order valence-corrected chi connectivity index (χ1v) is 13.1. The molecular formula is C24H42N6O7. The predicted molar refractivity (Wildman–Crippen MR) is 135 cm³/mol. The van der Waals surface area contributed by atoms with Crippen LogP contribution in [0.1, 0.15) is 19.8 Å². The van der Waals surface area contributed by atoms with Gasteiger partial charge in [-0.05, 0) is 26.9 Å². The minimum Gasteiger partial charge on any atom is -0.449 e. The number of hydrogen-bond donors (Lipinski definition) is 2. The van der Waals surface area contributed by atoms with Gasteiger partial charge in [-0.15, -0.1) is 0 Å². The molecule has 210 valence electrons. The molecule has 2 N–H and O–H groups in total. The molecule has 0 aliphatic carbocycles. The topological polar surface area (TPSA) is 134 Å². The second-order valence-corrected chi connectivity index (χ2v) is 9.61. The maximum Gasteiger partial charge on any atom is 0.413 e. The second kappa shape index (κ2) is 15.2. The lowest BCUT2D eigenvalue weighted by atomic mass is 10.1. The highest BCUT2D eigenvalue weighted by molar-refractivity contribution is 5.97. The van der Waals surface area contributed by atoms with E-state index in [4.69, 9.17) is 23.9 Å². The fourth-order valence-electron chi connectivity index (χ4n) is 4.36. The number of carbonyl (C=O) groups is 3. The summed E-state index contributed by atoms with van der Waals surface area (Å²) in [7, 11) is 3.91. The number of nitrogens with zero attached hydrogens (tertiary/aromatic N) is 4. The van der Waals surface area contributed by atoms with Crippen LogP contribution < -0.4 is 10.6 Å². The second-order valence-electron chi connectivity index (χ2n) is 9.61. The van der Waals surface area contributed by atoms with E-state index in [-0.39, 0.29) is 37.0 Å². The molecule has 0 saturated carbocycles. The number of nitrogens with one attached hydrogen (secondary N) is 2. The van der Waals surface area contributed by atoms with Crippen molar-refractivity contribution >= 4 is 23.7 Å². The maximum atomic E-state index is 13.5. The number of amides is 2. The van der Waals surface area contributed by atoms with Gasteiger partial charge in [-0.2, -0.15) is 0 Å². The summed E-state index contributed by atoms with van der Waals surface area (Å²) in [5.41, 5.74) is 0. The average molecular weight is 527 g/mol. The van der Waals surface area contributed by atoms with Crippen molar-refractivity contribution in [3.05, 3.63) is 0 Å². The Labute approximate surface area is 218 Å². The van der Waals surface area contributed by atoms with Gasteiger partial charge in [-0.25, -0.2) is 9.79 Å². The largest absolute Gasteiger partial charge is 0.449 e. The molecule has 3 saturated heterocycles. The molecule has 3 aliphatic heterocycles. The van der Waals surface area contributed by atoms with Crippen LogP contribution in [0.25, 0.3) is 0 Å². The Morgan fingerprint density at radius 1 is 1.14 bits per heavy atom. The summed E-state index contributed by atoms with van der Waals surface area (Å²) in [6, 6.07) is -1.57. The van der Waals surface area contributed by atoms with Gasteiger partial charge in [-0.1, -0.05) is 6.92 Å². The van der Waals surface area contributed by atoms with Crippen molar-refractivity contribution < 1.29 is 33.3 Å². The summed E-state index contributed by atoms with van der Waals surface area (Å²) in [6.45, 7) is 7.72. The number of aliphatic imine (C=N–C) groups is 1. The van der Waals surface area contributed by atoms with Crippen molar-refractivity contribution in [3.8, 4) is 0 Å². The molecule has 0 spiro atoms. The van der Waals surface area contributed by atoms with Crippen LogP contribution in [0.15, 0.2) is 4.99 Å². The van der Waals surface area contributed by atoms with Crippen LogP contribution in [0.2, 0.25) is 0 Å². The lowest BCUT2D eigenvalue weighted by Gasteiger charge is -2.32. The standard InChI is InChI=1S/C24H42N6O7/c1-4-20-21(19(31)17-37-20)26-22(32)18(16-29-7-12-34-13-8-29)25-23(30-9-14-35-15-10-30)27-24(33)36-11-5-6-28(2)3/h18,20-21H,4-17H2,1-3H3,(H,26,32)(H,25,27,33). The molecule has 3 unspecified atom stereocenters. The van der Waals surface area contributed by atoms with E-state index in [2.05, 4.69) is 15.5 Å². The first-order valence-electron chi connectivity index (χ1n) is 13.1. The fourth-order valence-corrected chi connectivity index (χ4v) is 4.36. The first-order chi connectivity index (χ1) is 17.9. The predicted octanol–water partition coefficient (Wildman–Crippen LogP) is -1.08. The Morgan fingerprint density at radius 2 is 1.81 bits per heavy atom. The summed E-state index contributed by atoms with van der Waals surface area (Å²) in [5.74, 6) is -0.279. The van der Waals surface area contributed by atoms with Crippen LogP contribution in [0.5, 0.6) is 0 Å². The van der Waals surface area contributed by atoms with E-state index >= 15 is 0 Å². The Bertz CT molecular complexity index is 784. The number of ether oxygens (including phenoxy) is 4. The molecule has 3 fully saturated rings. The third-order valence-corrected chi connectivity index (χ3v) is 6.48. The fraction of sp³-hybridized carbons (Fsp3) is 0.833. The number of alkyl carbamates (subject to hydrolysis) is 1. The Balaban J connectivity index is 1.76. The first kappa shape index (κ1) is 29.2. The van der Waals surface area contributed by atoms with E-state index in [0.29, 0.717) is 72.0 Å². The van der Waals surface area contributed by atoms with Gasteiger partial charge >= 0.3 is 6.09 Å². The number of ketones is 1. The summed E-state index contributed by atoms with van der Waals surface area (Å²) >= 11 is 0.